The van der Waals surface area contributed by atoms with Crippen LogP contribution in [0.4, 0.5) is 0 Å². The number of Topliss-reactive ketones (excluding diaryl/α,β-unsaturated/α-hetero) is 1. The minimum atomic E-state index is 0.0113. The Morgan fingerprint density at radius 3 is 2.72 bits per heavy atom. The number of fused-ring (bicyclic) bond motifs is 1. The zero-order valence-electron chi connectivity index (χ0n) is 16.6. The van der Waals surface area contributed by atoms with Gasteiger partial charge in [0.15, 0.2) is 5.78 Å². The van der Waals surface area contributed by atoms with Crippen LogP contribution in [0.2, 0.25) is 0 Å². The number of hydrogen-bond acceptors (Lipinski definition) is 5. The molecule has 2 aromatic heterocycles. The topological polar surface area (TPSA) is 78.5 Å². The van der Waals surface area contributed by atoms with Crippen LogP contribution >= 0.6 is 0 Å². The highest BCUT2D eigenvalue weighted by molar-refractivity contribution is 6.10. The van der Waals surface area contributed by atoms with Crippen molar-refractivity contribution in [1.29, 1.82) is 0 Å². The number of carbonyl (C=O) groups is 2. The molecule has 7 heteroatoms. The minimum absolute atomic E-state index is 0.0113. The number of ketones is 1. The smallest absolute Gasteiger partial charge is 0.253 e. The standard InChI is InChI=1S/C22H24N4O3/c1-15-13-26(22(28)16-6-4-3-5-7-16)11-10-25(15)14-18(27)17-12-24-21-20(17)19(29-2)8-9-23-21/h3-9,12,15H,10-11,13-14H2,1-2H3,(H,23,24). The monoisotopic (exact) mass is 392 g/mol. The number of ether oxygens (including phenoxy) is 1. The van der Waals surface area contributed by atoms with E-state index in [1.807, 2.05) is 35.2 Å². The van der Waals surface area contributed by atoms with E-state index in [1.165, 1.54) is 0 Å². The normalized spacial score (nSPS) is 17.4. The number of aromatic amines is 1. The number of nitrogens with one attached hydrogen (secondary N) is 1. The Morgan fingerprint density at radius 1 is 1.21 bits per heavy atom. The maximum Gasteiger partial charge on any atom is 0.253 e. The maximum atomic E-state index is 13.0. The van der Waals surface area contributed by atoms with Crippen molar-refractivity contribution in [2.45, 2.75) is 13.0 Å². The summed E-state index contributed by atoms with van der Waals surface area (Å²) in [5.41, 5.74) is 1.92. The number of aromatic nitrogens is 2. The molecule has 7 nitrogen and oxygen atoms in total. The third kappa shape index (κ3) is 3.73. The summed E-state index contributed by atoms with van der Waals surface area (Å²) >= 11 is 0. The molecule has 0 saturated carbocycles. The number of amides is 1. The molecule has 3 aromatic rings. The average Bonchev–Trinajstić information content (AvgIpc) is 3.19. The Balaban J connectivity index is 1.45. The first-order chi connectivity index (χ1) is 14.1. The van der Waals surface area contributed by atoms with Crippen LogP contribution < -0.4 is 4.74 Å². The molecule has 0 aliphatic carbocycles. The van der Waals surface area contributed by atoms with Gasteiger partial charge in [0, 0.05) is 49.2 Å². The van der Waals surface area contributed by atoms with Gasteiger partial charge in [-0.25, -0.2) is 4.98 Å². The molecule has 29 heavy (non-hydrogen) atoms. The molecule has 0 spiro atoms. The lowest BCUT2D eigenvalue weighted by Gasteiger charge is -2.39. The average molecular weight is 392 g/mol. The van der Waals surface area contributed by atoms with Crippen molar-refractivity contribution in [3.05, 3.63) is 59.9 Å². The molecule has 1 amide bonds. The molecule has 0 bridgehead atoms. The van der Waals surface area contributed by atoms with Crippen LogP contribution in [0.5, 0.6) is 5.75 Å². The van der Waals surface area contributed by atoms with Gasteiger partial charge in [0.2, 0.25) is 0 Å². The van der Waals surface area contributed by atoms with E-state index < -0.39 is 0 Å². The molecular weight excluding hydrogens is 368 g/mol. The van der Waals surface area contributed by atoms with Crippen LogP contribution in [-0.4, -0.2) is 70.8 Å². The fourth-order valence-corrected chi connectivity index (χ4v) is 3.86. The highest BCUT2D eigenvalue weighted by Gasteiger charge is 2.29. The summed E-state index contributed by atoms with van der Waals surface area (Å²) in [4.78, 5) is 37.0. The van der Waals surface area contributed by atoms with Gasteiger partial charge in [-0.15, -0.1) is 0 Å². The quantitative estimate of drug-likeness (QED) is 0.676. The maximum absolute atomic E-state index is 13.0. The molecular formula is C22H24N4O3. The second kappa shape index (κ2) is 8.05. The van der Waals surface area contributed by atoms with Crippen LogP contribution in [0.15, 0.2) is 48.8 Å². The second-order valence-corrected chi connectivity index (χ2v) is 7.30. The number of pyridine rings is 1. The Bertz CT molecular complexity index is 1030. The zero-order chi connectivity index (χ0) is 20.4. The highest BCUT2D eigenvalue weighted by atomic mass is 16.5. The Kier molecular flexibility index (Phi) is 5.31. The van der Waals surface area contributed by atoms with E-state index in [4.69, 9.17) is 4.74 Å². The lowest BCUT2D eigenvalue weighted by atomic mass is 10.1. The first-order valence-electron chi connectivity index (χ1n) is 9.70. The van der Waals surface area contributed by atoms with E-state index in [2.05, 4.69) is 21.8 Å². The zero-order valence-corrected chi connectivity index (χ0v) is 16.6. The van der Waals surface area contributed by atoms with Gasteiger partial charge in [0.1, 0.15) is 11.4 Å². The van der Waals surface area contributed by atoms with E-state index in [1.54, 1.807) is 25.6 Å². The molecule has 0 radical (unpaired) electrons. The second-order valence-electron chi connectivity index (χ2n) is 7.30. The number of methoxy groups -OCH3 is 1. The summed E-state index contributed by atoms with van der Waals surface area (Å²) in [6.07, 6.45) is 3.35. The summed E-state index contributed by atoms with van der Waals surface area (Å²) in [5.74, 6) is 0.680. The summed E-state index contributed by atoms with van der Waals surface area (Å²) in [7, 11) is 1.58. The van der Waals surface area contributed by atoms with Crippen molar-refractivity contribution >= 4 is 22.7 Å². The van der Waals surface area contributed by atoms with Gasteiger partial charge in [-0.2, -0.15) is 0 Å². The molecule has 3 heterocycles. The van der Waals surface area contributed by atoms with Gasteiger partial charge in [0.05, 0.1) is 19.0 Å². The van der Waals surface area contributed by atoms with Crippen molar-refractivity contribution in [3.8, 4) is 5.75 Å². The number of piperazine rings is 1. The fourth-order valence-electron chi connectivity index (χ4n) is 3.86. The summed E-state index contributed by atoms with van der Waals surface area (Å²) in [6.45, 7) is 4.20. The van der Waals surface area contributed by atoms with E-state index in [0.29, 0.717) is 54.1 Å². The lowest BCUT2D eigenvalue weighted by Crippen LogP contribution is -2.54. The molecule has 1 fully saturated rings. The number of H-pyrrole nitrogens is 1. The number of rotatable bonds is 5. The molecule has 1 N–H and O–H groups in total. The molecule has 1 aliphatic heterocycles. The Morgan fingerprint density at radius 2 is 2.00 bits per heavy atom. The van der Waals surface area contributed by atoms with Crippen molar-refractivity contribution < 1.29 is 14.3 Å². The van der Waals surface area contributed by atoms with Crippen LogP contribution in [0, 0.1) is 0 Å². The van der Waals surface area contributed by atoms with Gasteiger partial charge in [-0.3, -0.25) is 14.5 Å². The highest BCUT2D eigenvalue weighted by Crippen LogP contribution is 2.27. The predicted octanol–water partition coefficient (Wildman–Crippen LogP) is 2.60. The molecule has 1 aliphatic rings. The SMILES string of the molecule is COc1ccnc2[nH]cc(C(=O)CN3CCN(C(=O)c4ccccc4)CC3C)c12. The largest absolute Gasteiger partial charge is 0.496 e. The van der Waals surface area contributed by atoms with E-state index in [-0.39, 0.29) is 17.7 Å². The van der Waals surface area contributed by atoms with Gasteiger partial charge in [-0.05, 0) is 25.1 Å². The number of benzene rings is 1. The van der Waals surface area contributed by atoms with Crippen molar-refractivity contribution in [2.24, 2.45) is 0 Å². The van der Waals surface area contributed by atoms with Crippen molar-refractivity contribution in [1.82, 2.24) is 19.8 Å². The molecule has 4 rings (SSSR count). The van der Waals surface area contributed by atoms with E-state index >= 15 is 0 Å². The molecule has 1 aromatic carbocycles. The lowest BCUT2D eigenvalue weighted by molar-refractivity contribution is 0.0502. The Labute approximate surface area is 169 Å². The van der Waals surface area contributed by atoms with Crippen molar-refractivity contribution in [3.63, 3.8) is 0 Å². The molecule has 1 saturated heterocycles. The predicted molar refractivity (Wildman–Crippen MR) is 110 cm³/mol. The van der Waals surface area contributed by atoms with Gasteiger partial charge in [0.25, 0.3) is 5.91 Å². The van der Waals surface area contributed by atoms with Crippen LogP contribution in [-0.2, 0) is 0 Å². The van der Waals surface area contributed by atoms with Crippen LogP contribution in [0.1, 0.15) is 27.6 Å². The van der Waals surface area contributed by atoms with E-state index in [9.17, 15) is 9.59 Å². The first-order valence-corrected chi connectivity index (χ1v) is 9.70. The fraction of sp³-hybridized carbons (Fsp3) is 0.318. The summed E-state index contributed by atoms with van der Waals surface area (Å²) in [6, 6.07) is 11.2. The van der Waals surface area contributed by atoms with Gasteiger partial charge < -0.3 is 14.6 Å². The number of carbonyl (C=O) groups excluding carboxylic acids is 2. The van der Waals surface area contributed by atoms with Gasteiger partial charge >= 0.3 is 0 Å². The van der Waals surface area contributed by atoms with Crippen LogP contribution in [0.3, 0.4) is 0 Å². The molecule has 1 atom stereocenters. The third-order valence-corrected chi connectivity index (χ3v) is 5.48. The van der Waals surface area contributed by atoms with Gasteiger partial charge in [-0.1, -0.05) is 18.2 Å². The van der Waals surface area contributed by atoms with Crippen LogP contribution in [0.25, 0.3) is 11.0 Å². The summed E-state index contributed by atoms with van der Waals surface area (Å²) in [5, 5.41) is 0.713. The van der Waals surface area contributed by atoms with Crippen molar-refractivity contribution in [2.75, 3.05) is 33.3 Å². The Hall–Kier alpha value is -3.19. The number of hydrogen-bond donors (Lipinski definition) is 1. The summed E-state index contributed by atoms with van der Waals surface area (Å²) < 4.78 is 5.40. The minimum Gasteiger partial charge on any atom is -0.496 e. The first kappa shape index (κ1) is 19.1. The third-order valence-electron chi connectivity index (χ3n) is 5.48. The number of nitrogens with zero attached hydrogens (tertiary/aromatic N) is 3. The van der Waals surface area contributed by atoms with E-state index in [0.717, 1.165) is 0 Å². The molecule has 150 valence electrons. The molecule has 1 unspecified atom stereocenters.